The van der Waals surface area contributed by atoms with Crippen molar-refractivity contribution in [1.29, 1.82) is 0 Å². The normalized spacial score (nSPS) is 14.1. The van der Waals surface area contributed by atoms with Crippen LogP contribution in [0.2, 0.25) is 0 Å². The van der Waals surface area contributed by atoms with E-state index in [0.717, 1.165) is 17.7 Å². The average molecular weight is 367 g/mol. The smallest absolute Gasteiger partial charge is 0.244 e. The molecule has 0 aliphatic rings. The summed E-state index contributed by atoms with van der Waals surface area (Å²) in [5.41, 5.74) is -0.193. The highest BCUT2D eigenvalue weighted by atomic mass is 32.2. The Morgan fingerprint density at radius 3 is 2.52 bits per heavy atom. The Labute approximate surface area is 147 Å². The van der Waals surface area contributed by atoms with Gasteiger partial charge in [-0.05, 0) is 43.5 Å². The lowest BCUT2D eigenvalue weighted by molar-refractivity contribution is 0.0565. The molecule has 0 spiro atoms. The van der Waals surface area contributed by atoms with Crippen LogP contribution in [0.1, 0.15) is 18.9 Å². The fraction of sp³-hybridized carbons (Fsp3) is 0.333. The molecule has 1 atom stereocenters. The van der Waals surface area contributed by atoms with Crippen LogP contribution in [-0.2, 0) is 16.4 Å². The molecule has 0 amide bonds. The van der Waals surface area contributed by atoms with E-state index in [4.69, 9.17) is 4.74 Å². The molecule has 0 saturated carbocycles. The van der Waals surface area contributed by atoms with E-state index in [1.807, 2.05) is 30.3 Å². The monoisotopic (exact) mass is 367 g/mol. The second-order valence-electron chi connectivity index (χ2n) is 6.10. The van der Waals surface area contributed by atoms with E-state index >= 15 is 0 Å². The molecule has 25 heavy (non-hydrogen) atoms. The lowest BCUT2D eigenvalue weighted by Gasteiger charge is -2.24. The Hall–Kier alpha value is -1.96. The topological polar surface area (TPSA) is 75.6 Å². The second-order valence-corrected chi connectivity index (χ2v) is 7.84. The van der Waals surface area contributed by atoms with Crippen LogP contribution in [-0.4, -0.2) is 32.8 Å². The average Bonchev–Trinajstić information content (AvgIpc) is 2.59. The van der Waals surface area contributed by atoms with Crippen LogP contribution in [0.3, 0.4) is 0 Å². The van der Waals surface area contributed by atoms with Gasteiger partial charge in [-0.1, -0.05) is 30.3 Å². The molecule has 0 aliphatic heterocycles. The molecule has 0 aliphatic carbocycles. The minimum atomic E-state index is -4.02. The quantitative estimate of drug-likeness (QED) is 0.752. The minimum absolute atomic E-state index is 0.0397. The molecule has 2 aromatic rings. The predicted molar refractivity (Wildman–Crippen MR) is 93.5 cm³/mol. The number of ether oxygens (including phenoxy) is 1. The molecular formula is C18H22FNO4S. The van der Waals surface area contributed by atoms with Gasteiger partial charge in [-0.2, -0.15) is 0 Å². The number of hydrogen-bond acceptors (Lipinski definition) is 4. The van der Waals surface area contributed by atoms with Gasteiger partial charge < -0.3 is 9.84 Å². The van der Waals surface area contributed by atoms with Crippen LogP contribution in [0.15, 0.2) is 53.4 Å². The largest absolute Gasteiger partial charge is 0.495 e. The number of nitrogens with one attached hydrogen (secondary N) is 1. The van der Waals surface area contributed by atoms with Crippen LogP contribution in [0.25, 0.3) is 0 Å². The van der Waals surface area contributed by atoms with Gasteiger partial charge in [0.2, 0.25) is 10.0 Å². The van der Waals surface area contributed by atoms with E-state index < -0.39 is 21.4 Å². The number of hydrogen-bond donors (Lipinski definition) is 2. The number of methoxy groups -OCH3 is 1. The summed E-state index contributed by atoms with van der Waals surface area (Å²) >= 11 is 0. The van der Waals surface area contributed by atoms with E-state index in [0.29, 0.717) is 12.8 Å². The Kier molecular flexibility index (Phi) is 6.16. The molecule has 136 valence electrons. The number of aliphatic hydroxyl groups is 1. The van der Waals surface area contributed by atoms with Crippen molar-refractivity contribution >= 4 is 10.0 Å². The Bertz CT molecular complexity index is 807. The Balaban J connectivity index is 2.04. The number of aryl methyl sites for hydroxylation is 1. The molecule has 0 bridgehead atoms. The highest BCUT2D eigenvalue weighted by Gasteiger charge is 2.26. The SMILES string of the molecule is COc1ccc(F)cc1S(=O)(=O)NCC(C)(O)CCc1ccccc1. The first-order valence-electron chi connectivity index (χ1n) is 7.83. The first-order chi connectivity index (χ1) is 11.7. The third-order valence-electron chi connectivity index (χ3n) is 3.85. The molecule has 0 fully saturated rings. The first kappa shape index (κ1) is 19.4. The van der Waals surface area contributed by atoms with Gasteiger partial charge in [-0.25, -0.2) is 17.5 Å². The Morgan fingerprint density at radius 1 is 1.20 bits per heavy atom. The summed E-state index contributed by atoms with van der Waals surface area (Å²) in [6.07, 6.45) is 0.985. The van der Waals surface area contributed by atoms with Gasteiger partial charge in [-0.15, -0.1) is 0 Å². The summed E-state index contributed by atoms with van der Waals surface area (Å²) < 4.78 is 45.5. The zero-order valence-electron chi connectivity index (χ0n) is 14.2. The van der Waals surface area contributed by atoms with Crippen LogP contribution in [0.4, 0.5) is 4.39 Å². The molecule has 2 rings (SSSR count). The lowest BCUT2D eigenvalue weighted by Crippen LogP contribution is -2.41. The summed E-state index contributed by atoms with van der Waals surface area (Å²) in [5, 5.41) is 10.4. The maximum absolute atomic E-state index is 13.4. The van der Waals surface area contributed by atoms with Crippen molar-refractivity contribution in [2.45, 2.75) is 30.3 Å². The summed E-state index contributed by atoms with van der Waals surface area (Å²) in [6.45, 7) is 1.36. The number of sulfonamides is 1. The van der Waals surface area contributed by atoms with Crippen molar-refractivity contribution in [3.05, 3.63) is 59.9 Å². The van der Waals surface area contributed by atoms with Gasteiger partial charge in [0, 0.05) is 6.54 Å². The minimum Gasteiger partial charge on any atom is -0.495 e. The van der Waals surface area contributed by atoms with Gasteiger partial charge in [0.1, 0.15) is 16.5 Å². The molecule has 5 nitrogen and oxygen atoms in total. The fourth-order valence-electron chi connectivity index (χ4n) is 2.34. The van der Waals surface area contributed by atoms with Crippen LogP contribution in [0, 0.1) is 5.82 Å². The van der Waals surface area contributed by atoms with Gasteiger partial charge in [0.05, 0.1) is 12.7 Å². The van der Waals surface area contributed by atoms with Crippen molar-refractivity contribution in [2.75, 3.05) is 13.7 Å². The molecule has 2 N–H and O–H groups in total. The molecule has 7 heteroatoms. The van der Waals surface area contributed by atoms with Crippen LogP contribution in [0.5, 0.6) is 5.75 Å². The molecule has 2 aromatic carbocycles. The van der Waals surface area contributed by atoms with E-state index in [1.165, 1.54) is 13.2 Å². The molecule has 1 unspecified atom stereocenters. The van der Waals surface area contributed by atoms with E-state index in [-0.39, 0.29) is 17.2 Å². The maximum atomic E-state index is 13.4. The third kappa shape index (κ3) is 5.52. The van der Waals surface area contributed by atoms with Crippen molar-refractivity contribution < 1.29 is 22.7 Å². The summed E-state index contributed by atoms with van der Waals surface area (Å²) in [5.74, 6) is -0.644. The predicted octanol–water partition coefficient (Wildman–Crippen LogP) is 2.50. The summed E-state index contributed by atoms with van der Waals surface area (Å²) in [7, 11) is -2.71. The van der Waals surface area contributed by atoms with E-state index in [9.17, 15) is 17.9 Å². The van der Waals surface area contributed by atoms with Gasteiger partial charge in [0.25, 0.3) is 0 Å². The maximum Gasteiger partial charge on any atom is 0.244 e. The third-order valence-corrected chi connectivity index (χ3v) is 5.28. The molecular weight excluding hydrogens is 345 g/mol. The highest BCUT2D eigenvalue weighted by Crippen LogP contribution is 2.24. The summed E-state index contributed by atoms with van der Waals surface area (Å²) in [4.78, 5) is -0.297. The van der Waals surface area contributed by atoms with E-state index in [1.54, 1.807) is 6.92 Å². The zero-order valence-corrected chi connectivity index (χ0v) is 15.0. The van der Waals surface area contributed by atoms with Crippen LogP contribution >= 0.6 is 0 Å². The number of rotatable bonds is 8. The zero-order chi connectivity index (χ0) is 18.5. The molecule has 0 radical (unpaired) electrons. The number of halogens is 1. The first-order valence-corrected chi connectivity index (χ1v) is 9.31. The second kappa shape index (κ2) is 7.95. The van der Waals surface area contributed by atoms with Crippen molar-refractivity contribution in [3.8, 4) is 5.75 Å². The number of benzene rings is 2. The lowest BCUT2D eigenvalue weighted by atomic mass is 9.97. The summed E-state index contributed by atoms with van der Waals surface area (Å²) in [6, 6.07) is 12.9. The Morgan fingerprint density at radius 2 is 1.88 bits per heavy atom. The molecule has 0 aromatic heterocycles. The highest BCUT2D eigenvalue weighted by molar-refractivity contribution is 7.89. The van der Waals surface area contributed by atoms with Gasteiger partial charge >= 0.3 is 0 Å². The van der Waals surface area contributed by atoms with Gasteiger partial charge in [0.15, 0.2) is 0 Å². The van der Waals surface area contributed by atoms with Crippen molar-refractivity contribution in [3.63, 3.8) is 0 Å². The standard InChI is InChI=1S/C18H22FNO4S/c1-18(21,11-10-14-6-4-3-5-7-14)13-20-25(22,23)17-12-15(19)8-9-16(17)24-2/h3-9,12,20-21H,10-11,13H2,1-2H3. The molecule has 0 saturated heterocycles. The van der Waals surface area contributed by atoms with Crippen molar-refractivity contribution in [1.82, 2.24) is 4.72 Å². The fourth-order valence-corrected chi connectivity index (χ4v) is 3.68. The molecule has 0 heterocycles. The van der Waals surface area contributed by atoms with E-state index in [2.05, 4.69) is 4.72 Å². The van der Waals surface area contributed by atoms with Crippen molar-refractivity contribution in [2.24, 2.45) is 0 Å². The van der Waals surface area contributed by atoms with Crippen LogP contribution < -0.4 is 9.46 Å². The van der Waals surface area contributed by atoms with Gasteiger partial charge in [-0.3, -0.25) is 0 Å².